The molecular weight excluding hydrogens is 348 g/mol. The fraction of sp³-hybridized carbons (Fsp3) is 0.571. The van der Waals surface area contributed by atoms with E-state index in [1.54, 1.807) is 18.2 Å². The summed E-state index contributed by atoms with van der Waals surface area (Å²) in [5.41, 5.74) is 0.500. The zero-order chi connectivity index (χ0) is 14.5. The number of hydrogen-bond acceptors (Lipinski definition) is 2. The minimum absolute atomic E-state index is 0.0153. The topological polar surface area (TPSA) is 34.1 Å². The van der Waals surface area contributed by atoms with Crippen molar-refractivity contribution in [1.82, 2.24) is 0 Å². The van der Waals surface area contributed by atoms with Gasteiger partial charge in [0.05, 0.1) is 11.5 Å². The van der Waals surface area contributed by atoms with Crippen LogP contribution in [0, 0.1) is 5.41 Å². The molecule has 0 unspecified atom stereocenters. The first-order valence-electron chi connectivity index (χ1n) is 6.38. The van der Waals surface area contributed by atoms with Crippen LogP contribution in [-0.4, -0.2) is 19.5 Å². The summed E-state index contributed by atoms with van der Waals surface area (Å²) < 4.78 is 24.7. The number of sulfone groups is 1. The lowest BCUT2D eigenvalue weighted by molar-refractivity contribution is 0.351. The lowest BCUT2D eigenvalue weighted by Gasteiger charge is -2.29. The Bertz CT molecular complexity index is 502. The quantitative estimate of drug-likeness (QED) is 0.667. The highest BCUT2D eigenvalue weighted by molar-refractivity contribution is 9.09. The van der Waals surface area contributed by atoms with Gasteiger partial charge in [0, 0.05) is 10.4 Å². The molecule has 1 aromatic rings. The van der Waals surface area contributed by atoms with Gasteiger partial charge in [-0.05, 0) is 29.9 Å². The predicted molar refractivity (Wildman–Crippen MR) is 85.8 cm³/mol. The van der Waals surface area contributed by atoms with E-state index in [1.807, 2.05) is 19.9 Å². The van der Waals surface area contributed by atoms with E-state index in [2.05, 4.69) is 15.9 Å². The normalized spacial score (nSPS) is 12.6. The van der Waals surface area contributed by atoms with Crippen LogP contribution in [0.2, 0.25) is 5.02 Å². The molecule has 0 heterocycles. The highest BCUT2D eigenvalue weighted by Gasteiger charge is 2.31. The Kier molecular flexibility index (Phi) is 6.34. The van der Waals surface area contributed by atoms with Crippen molar-refractivity contribution >= 4 is 37.4 Å². The van der Waals surface area contributed by atoms with Crippen molar-refractivity contribution < 1.29 is 8.42 Å². The van der Waals surface area contributed by atoms with Crippen LogP contribution in [0.15, 0.2) is 24.3 Å². The van der Waals surface area contributed by atoms with Gasteiger partial charge in [0.15, 0.2) is 9.84 Å². The van der Waals surface area contributed by atoms with Crippen molar-refractivity contribution in [2.75, 3.05) is 11.1 Å². The van der Waals surface area contributed by atoms with Crippen LogP contribution in [0.5, 0.6) is 0 Å². The molecule has 1 rings (SSSR count). The van der Waals surface area contributed by atoms with Crippen molar-refractivity contribution in [2.24, 2.45) is 5.41 Å². The first kappa shape index (κ1) is 17.0. The third-order valence-electron chi connectivity index (χ3n) is 3.64. The fourth-order valence-electron chi connectivity index (χ4n) is 2.05. The van der Waals surface area contributed by atoms with E-state index >= 15 is 0 Å². The summed E-state index contributed by atoms with van der Waals surface area (Å²) >= 11 is 9.48. The van der Waals surface area contributed by atoms with E-state index in [0.29, 0.717) is 15.9 Å². The van der Waals surface area contributed by atoms with E-state index in [-0.39, 0.29) is 16.9 Å². The number of rotatable bonds is 7. The van der Waals surface area contributed by atoms with Gasteiger partial charge in [-0.15, -0.1) is 0 Å². The molecule has 0 aliphatic carbocycles. The van der Waals surface area contributed by atoms with Gasteiger partial charge in [0.25, 0.3) is 0 Å². The second-order valence-corrected chi connectivity index (χ2v) is 8.00. The molecule has 0 atom stereocenters. The van der Waals surface area contributed by atoms with Crippen molar-refractivity contribution in [3.63, 3.8) is 0 Å². The van der Waals surface area contributed by atoms with E-state index in [4.69, 9.17) is 11.6 Å². The summed E-state index contributed by atoms with van der Waals surface area (Å²) in [5.74, 6) is 0.213. The van der Waals surface area contributed by atoms with E-state index < -0.39 is 9.84 Å². The van der Waals surface area contributed by atoms with Crippen molar-refractivity contribution in [1.29, 1.82) is 0 Å². The van der Waals surface area contributed by atoms with Crippen molar-refractivity contribution in [2.45, 2.75) is 32.4 Å². The maximum atomic E-state index is 12.4. The Hall–Kier alpha value is -0.0600. The molecule has 19 heavy (non-hydrogen) atoms. The molecule has 0 bridgehead atoms. The van der Waals surface area contributed by atoms with Gasteiger partial charge in [-0.1, -0.05) is 59.6 Å². The molecule has 5 heteroatoms. The molecule has 108 valence electrons. The molecule has 0 amide bonds. The fourth-order valence-corrected chi connectivity index (χ4v) is 5.86. The van der Waals surface area contributed by atoms with Gasteiger partial charge < -0.3 is 0 Å². The van der Waals surface area contributed by atoms with E-state index in [1.165, 1.54) is 0 Å². The predicted octanol–water partition coefficient (Wildman–Crippen LogP) is 4.46. The minimum atomic E-state index is -3.17. The van der Waals surface area contributed by atoms with Gasteiger partial charge in [0.2, 0.25) is 0 Å². The maximum Gasteiger partial charge on any atom is 0.155 e. The third kappa shape index (κ3) is 4.76. The Morgan fingerprint density at radius 2 is 1.79 bits per heavy atom. The summed E-state index contributed by atoms with van der Waals surface area (Å²) in [4.78, 5) is 0. The molecule has 0 saturated heterocycles. The highest BCUT2D eigenvalue weighted by Crippen LogP contribution is 2.32. The zero-order valence-electron chi connectivity index (χ0n) is 11.3. The summed E-state index contributed by atoms with van der Waals surface area (Å²) in [5, 5.41) is 1.22. The molecule has 0 aliphatic heterocycles. The van der Waals surface area contributed by atoms with Crippen molar-refractivity contribution in [3.05, 3.63) is 34.9 Å². The van der Waals surface area contributed by atoms with Crippen LogP contribution in [0.4, 0.5) is 0 Å². The van der Waals surface area contributed by atoms with Crippen LogP contribution in [0.1, 0.15) is 32.3 Å². The first-order valence-corrected chi connectivity index (χ1v) is 9.70. The van der Waals surface area contributed by atoms with E-state index in [9.17, 15) is 8.42 Å². The number of hydrogen-bond donors (Lipinski definition) is 0. The van der Waals surface area contributed by atoms with Crippen LogP contribution in [0.25, 0.3) is 0 Å². The standard InChI is InChI=1S/C14H20BrClO2S/c1-3-14(4-2,10-15)11-19(17,18)9-12-7-5-6-8-13(12)16/h5-8H,3-4,9-11H2,1-2H3. The van der Waals surface area contributed by atoms with Gasteiger partial charge in [0.1, 0.15) is 0 Å². The van der Waals surface area contributed by atoms with Gasteiger partial charge in [-0.25, -0.2) is 8.42 Å². The highest BCUT2D eigenvalue weighted by atomic mass is 79.9. The molecule has 1 aromatic carbocycles. The maximum absolute atomic E-state index is 12.4. The number of benzene rings is 1. The average Bonchev–Trinajstić information content (AvgIpc) is 2.39. The smallest absolute Gasteiger partial charge is 0.155 e. The van der Waals surface area contributed by atoms with Crippen LogP contribution in [0.3, 0.4) is 0 Å². The summed E-state index contributed by atoms with van der Waals surface area (Å²) in [6, 6.07) is 7.12. The molecule has 0 aliphatic rings. The Balaban J connectivity index is 2.91. The molecular formula is C14H20BrClO2S. The number of halogens is 2. The van der Waals surface area contributed by atoms with Crippen LogP contribution >= 0.6 is 27.5 Å². The molecule has 0 N–H and O–H groups in total. The molecule has 0 spiro atoms. The van der Waals surface area contributed by atoms with Crippen molar-refractivity contribution in [3.8, 4) is 0 Å². The Labute approximate surface area is 129 Å². The Morgan fingerprint density at radius 1 is 1.21 bits per heavy atom. The molecule has 0 radical (unpaired) electrons. The lowest BCUT2D eigenvalue weighted by Crippen LogP contribution is -2.31. The van der Waals surface area contributed by atoms with Crippen LogP contribution < -0.4 is 0 Å². The molecule has 0 aromatic heterocycles. The first-order chi connectivity index (χ1) is 8.88. The SMILES string of the molecule is CCC(CC)(CBr)CS(=O)(=O)Cc1ccccc1Cl. The summed E-state index contributed by atoms with van der Waals surface area (Å²) in [6.45, 7) is 4.07. The zero-order valence-corrected chi connectivity index (χ0v) is 14.5. The Morgan fingerprint density at radius 3 is 2.26 bits per heavy atom. The monoisotopic (exact) mass is 366 g/mol. The second-order valence-electron chi connectivity index (χ2n) is 4.96. The molecule has 0 fully saturated rings. The average molecular weight is 368 g/mol. The summed E-state index contributed by atoms with van der Waals surface area (Å²) in [6.07, 6.45) is 1.69. The summed E-state index contributed by atoms with van der Waals surface area (Å²) in [7, 11) is -3.17. The number of alkyl halides is 1. The lowest BCUT2D eigenvalue weighted by atomic mass is 9.87. The van der Waals surface area contributed by atoms with Gasteiger partial charge >= 0.3 is 0 Å². The molecule has 2 nitrogen and oxygen atoms in total. The third-order valence-corrected chi connectivity index (χ3v) is 7.00. The molecule has 0 saturated carbocycles. The van der Waals surface area contributed by atoms with E-state index in [0.717, 1.165) is 12.8 Å². The largest absolute Gasteiger partial charge is 0.228 e. The van der Waals surface area contributed by atoms with Gasteiger partial charge in [-0.2, -0.15) is 0 Å². The second kappa shape index (κ2) is 7.09. The minimum Gasteiger partial charge on any atom is -0.228 e. The van der Waals surface area contributed by atoms with Gasteiger partial charge in [-0.3, -0.25) is 0 Å². The van der Waals surface area contributed by atoms with Crippen LogP contribution in [-0.2, 0) is 15.6 Å².